The van der Waals surface area contributed by atoms with Crippen LogP contribution in [0, 0.1) is 6.92 Å². The average molecular weight is 286 g/mol. The predicted octanol–water partition coefficient (Wildman–Crippen LogP) is 5.82. The van der Waals surface area contributed by atoms with Gasteiger partial charge in [-0.3, -0.25) is 0 Å². The molecule has 1 aromatic carbocycles. The van der Waals surface area contributed by atoms with Crippen molar-refractivity contribution in [1.29, 1.82) is 0 Å². The van der Waals surface area contributed by atoms with Crippen LogP contribution < -0.4 is 0 Å². The summed E-state index contributed by atoms with van der Waals surface area (Å²) in [5.41, 5.74) is 1.32. The molecule has 0 heterocycles. The van der Waals surface area contributed by atoms with E-state index in [0.717, 1.165) is 0 Å². The van der Waals surface area contributed by atoms with Crippen molar-refractivity contribution in [2.24, 2.45) is 0 Å². The summed E-state index contributed by atoms with van der Waals surface area (Å²) < 4.78 is 0. The van der Waals surface area contributed by atoms with Crippen LogP contribution in [0.5, 0.6) is 0 Å². The van der Waals surface area contributed by atoms with Gasteiger partial charge in [-0.05, 0) is 0 Å². The van der Waals surface area contributed by atoms with Crippen LogP contribution in [-0.2, 0) is 0 Å². The van der Waals surface area contributed by atoms with Crippen LogP contribution in [0.1, 0.15) is 57.4 Å². The molecule has 0 spiro atoms. The standard InChI is InChI=1S/C18H27BS/c1-4-5-6-7-8-9-10-18(15-19-3)20-17-13-11-16(2)12-14-17/h11-15H,3-10H2,1-2H3/b18-15-. The van der Waals surface area contributed by atoms with E-state index in [1.54, 1.807) is 0 Å². The molecule has 2 heteroatoms. The summed E-state index contributed by atoms with van der Waals surface area (Å²) in [5, 5.41) is 0. The van der Waals surface area contributed by atoms with Crippen molar-refractivity contribution in [3.8, 4) is 0 Å². The summed E-state index contributed by atoms with van der Waals surface area (Å²) in [6.07, 6.45) is 9.30. The monoisotopic (exact) mass is 286 g/mol. The zero-order valence-electron chi connectivity index (χ0n) is 13.0. The number of rotatable bonds is 10. The number of hydrogen-bond acceptors (Lipinski definition) is 1. The molecule has 108 valence electrons. The minimum absolute atomic E-state index is 1.18. The Balaban J connectivity index is 2.35. The van der Waals surface area contributed by atoms with E-state index >= 15 is 0 Å². The molecule has 0 nitrogen and oxygen atoms in total. The molecule has 0 fully saturated rings. The van der Waals surface area contributed by atoms with E-state index < -0.39 is 0 Å². The van der Waals surface area contributed by atoms with E-state index in [2.05, 4.69) is 50.6 Å². The van der Waals surface area contributed by atoms with E-state index in [0.29, 0.717) is 0 Å². The van der Waals surface area contributed by atoms with E-state index in [1.165, 1.54) is 60.3 Å². The van der Waals surface area contributed by atoms with Gasteiger partial charge >= 0.3 is 130 Å². The van der Waals surface area contributed by atoms with Gasteiger partial charge in [0, 0.05) is 0 Å². The third-order valence-electron chi connectivity index (χ3n) is 3.35. The Bertz CT molecular complexity index is 406. The maximum atomic E-state index is 3.84. The first-order chi connectivity index (χ1) is 9.76. The molecule has 0 aliphatic rings. The Kier molecular flexibility index (Phi) is 9.48. The molecule has 0 aliphatic heterocycles. The number of allylic oxidation sites excluding steroid dienone is 1. The fourth-order valence-corrected chi connectivity index (χ4v) is 3.12. The Hall–Kier alpha value is -0.755. The summed E-state index contributed by atoms with van der Waals surface area (Å²) in [6, 6.07) is 8.77. The van der Waals surface area contributed by atoms with Crippen molar-refractivity contribution >= 4 is 25.2 Å². The van der Waals surface area contributed by atoms with E-state index in [4.69, 9.17) is 0 Å². The van der Waals surface area contributed by atoms with Crippen LogP contribution in [0.3, 0.4) is 0 Å². The van der Waals surface area contributed by atoms with Crippen LogP contribution in [0.4, 0.5) is 0 Å². The summed E-state index contributed by atoms with van der Waals surface area (Å²) in [6.45, 7) is 10.1. The fourth-order valence-electron chi connectivity index (χ4n) is 2.14. The summed E-state index contributed by atoms with van der Waals surface area (Å²) in [4.78, 5) is 2.76. The molecular formula is C18H27BS. The molecule has 0 aliphatic carbocycles. The van der Waals surface area contributed by atoms with Gasteiger partial charge in [0.25, 0.3) is 0 Å². The topological polar surface area (TPSA) is 0 Å². The van der Waals surface area contributed by atoms with Gasteiger partial charge in [-0.2, -0.15) is 0 Å². The van der Waals surface area contributed by atoms with Crippen molar-refractivity contribution in [2.75, 3.05) is 0 Å². The normalized spacial score (nSPS) is 11.4. The Morgan fingerprint density at radius 1 is 1.10 bits per heavy atom. The third-order valence-corrected chi connectivity index (χ3v) is 4.46. The van der Waals surface area contributed by atoms with Crippen LogP contribution in [0.15, 0.2) is 40.0 Å². The second-order valence-electron chi connectivity index (χ2n) is 5.30. The molecule has 0 atom stereocenters. The maximum absolute atomic E-state index is 3.84. The second kappa shape index (κ2) is 11.0. The summed E-state index contributed by atoms with van der Waals surface area (Å²) in [7, 11) is 0. The van der Waals surface area contributed by atoms with E-state index in [1.807, 2.05) is 18.7 Å². The van der Waals surface area contributed by atoms with Crippen LogP contribution >= 0.6 is 11.8 Å². The first kappa shape index (κ1) is 17.3. The van der Waals surface area contributed by atoms with E-state index in [9.17, 15) is 0 Å². The number of unbranched alkanes of at least 4 members (excludes halogenated alkanes) is 5. The average Bonchev–Trinajstić information content (AvgIpc) is 2.45. The molecule has 0 N–H and O–H groups in total. The molecular weight excluding hydrogens is 259 g/mol. The van der Waals surface area contributed by atoms with Gasteiger partial charge in [0.05, 0.1) is 0 Å². The number of hydrogen-bond donors (Lipinski definition) is 0. The molecule has 1 rings (SSSR count). The van der Waals surface area contributed by atoms with Crippen molar-refractivity contribution in [3.05, 3.63) is 40.7 Å². The molecule has 0 saturated heterocycles. The molecule has 0 unspecified atom stereocenters. The Morgan fingerprint density at radius 3 is 2.40 bits per heavy atom. The fraction of sp³-hybridized carbons (Fsp3) is 0.500. The van der Waals surface area contributed by atoms with Crippen molar-refractivity contribution in [1.82, 2.24) is 0 Å². The number of benzene rings is 1. The van der Waals surface area contributed by atoms with E-state index in [-0.39, 0.29) is 0 Å². The first-order valence-corrected chi connectivity index (χ1v) is 8.64. The Morgan fingerprint density at radius 2 is 1.75 bits per heavy atom. The van der Waals surface area contributed by atoms with Gasteiger partial charge in [0.2, 0.25) is 0 Å². The van der Waals surface area contributed by atoms with Crippen LogP contribution in [-0.4, -0.2) is 13.4 Å². The molecule has 0 bridgehead atoms. The SMILES string of the molecule is C=B/C=C(/CCCCCCCC)Sc1ccc(C)cc1. The molecule has 0 amide bonds. The van der Waals surface area contributed by atoms with Gasteiger partial charge in [0.15, 0.2) is 0 Å². The molecule has 0 saturated carbocycles. The Labute approximate surface area is 130 Å². The number of thioether (sulfide) groups is 1. The van der Waals surface area contributed by atoms with Crippen molar-refractivity contribution in [2.45, 2.75) is 63.7 Å². The van der Waals surface area contributed by atoms with Crippen LogP contribution in [0.25, 0.3) is 0 Å². The van der Waals surface area contributed by atoms with Gasteiger partial charge in [-0.1, -0.05) is 0 Å². The molecule has 0 aromatic heterocycles. The summed E-state index contributed by atoms with van der Waals surface area (Å²) in [5.74, 6) is 2.16. The summed E-state index contributed by atoms with van der Waals surface area (Å²) >= 11 is 1.88. The first-order valence-electron chi connectivity index (χ1n) is 7.82. The minimum atomic E-state index is 1.18. The third kappa shape index (κ3) is 7.74. The zero-order valence-corrected chi connectivity index (χ0v) is 13.8. The van der Waals surface area contributed by atoms with Gasteiger partial charge in [-0.25, -0.2) is 0 Å². The van der Waals surface area contributed by atoms with Gasteiger partial charge < -0.3 is 0 Å². The zero-order chi connectivity index (χ0) is 14.6. The number of aryl methyl sites for hydroxylation is 1. The molecule has 0 radical (unpaired) electrons. The quantitative estimate of drug-likeness (QED) is 0.297. The van der Waals surface area contributed by atoms with Gasteiger partial charge in [-0.15, -0.1) is 0 Å². The predicted molar refractivity (Wildman–Crippen MR) is 96.0 cm³/mol. The second-order valence-corrected chi connectivity index (χ2v) is 6.50. The van der Waals surface area contributed by atoms with Gasteiger partial charge in [0.1, 0.15) is 0 Å². The van der Waals surface area contributed by atoms with Crippen molar-refractivity contribution < 1.29 is 0 Å². The molecule has 1 aromatic rings. The van der Waals surface area contributed by atoms with Crippen LogP contribution in [0.2, 0.25) is 0 Å². The molecule has 20 heavy (non-hydrogen) atoms. The van der Waals surface area contributed by atoms with Crippen molar-refractivity contribution in [3.63, 3.8) is 0 Å².